The molecule has 25 heavy (non-hydrogen) atoms. The van der Waals surface area contributed by atoms with Crippen LogP contribution in [0.4, 0.5) is 14.5 Å². The minimum absolute atomic E-state index is 0.0357. The molecule has 1 heterocycles. The topological polar surface area (TPSA) is 32.3 Å². The Bertz CT molecular complexity index is 823. The van der Waals surface area contributed by atoms with Gasteiger partial charge in [0.1, 0.15) is 11.6 Å². The molecule has 0 saturated heterocycles. The van der Waals surface area contributed by atoms with E-state index in [0.29, 0.717) is 42.9 Å². The van der Waals surface area contributed by atoms with Gasteiger partial charge in [0.15, 0.2) is 0 Å². The number of hydrogen-bond donors (Lipinski definition) is 1. The van der Waals surface area contributed by atoms with E-state index in [-0.39, 0.29) is 16.7 Å². The summed E-state index contributed by atoms with van der Waals surface area (Å²) < 4.78 is 26.9. The van der Waals surface area contributed by atoms with Gasteiger partial charge in [0.25, 0.3) is 5.91 Å². The average molecular weight is 363 g/mol. The summed E-state index contributed by atoms with van der Waals surface area (Å²) in [7, 11) is 0. The molecule has 1 amide bonds. The number of rotatable bonds is 4. The van der Waals surface area contributed by atoms with Gasteiger partial charge in [0.2, 0.25) is 0 Å². The third-order valence-electron chi connectivity index (χ3n) is 4.11. The molecule has 0 aromatic heterocycles. The number of nitrogens with one attached hydrogen (secondary N) is 1. The van der Waals surface area contributed by atoms with Gasteiger partial charge in [-0.15, -0.1) is 0 Å². The van der Waals surface area contributed by atoms with Crippen LogP contribution in [0.3, 0.4) is 0 Å². The van der Waals surface area contributed by atoms with Crippen LogP contribution in [-0.2, 0) is 11.3 Å². The van der Waals surface area contributed by atoms with Crippen molar-refractivity contribution >= 4 is 23.2 Å². The lowest BCUT2D eigenvalue weighted by Crippen LogP contribution is -2.31. The first-order valence-corrected chi connectivity index (χ1v) is 8.32. The van der Waals surface area contributed by atoms with Gasteiger partial charge in [-0.05, 0) is 30.7 Å². The highest BCUT2D eigenvalue weighted by atomic mass is 35.5. The minimum Gasteiger partial charge on any atom is -0.322 e. The van der Waals surface area contributed by atoms with Crippen LogP contribution in [-0.4, -0.2) is 23.9 Å². The molecule has 2 aromatic rings. The van der Waals surface area contributed by atoms with Crippen LogP contribution in [0.25, 0.3) is 0 Å². The van der Waals surface area contributed by atoms with Crippen LogP contribution < -0.4 is 5.32 Å². The number of benzene rings is 2. The van der Waals surface area contributed by atoms with Gasteiger partial charge in [0, 0.05) is 36.5 Å². The quantitative estimate of drug-likeness (QED) is 0.874. The Labute approximate surface area is 149 Å². The first-order valence-electron chi connectivity index (χ1n) is 7.94. The summed E-state index contributed by atoms with van der Waals surface area (Å²) in [5, 5.41) is 2.68. The van der Waals surface area contributed by atoms with Crippen molar-refractivity contribution in [3.05, 3.63) is 76.3 Å². The van der Waals surface area contributed by atoms with Crippen LogP contribution in [0, 0.1) is 11.6 Å². The third-order valence-corrected chi connectivity index (χ3v) is 4.40. The molecule has 6 heteroatoms. The maximum Gasteiger partial charge on any atom is 0.251 e. The standard InChI is InChI=1S/C19H17ClF2N2O/c20-16-11-15(5-6-18(16)22)23-19(25)13-7-9-24(10-8-13)12-14-3-1-2-4-17(14)21/h1-7,11H,8-10,12H2,(H,23,25). The molecule has 2 aromatic carbocycles. The maximum atomic E-state index is 13.7. The van der Waals surface area contributed by atoms with Crippen molar-refractivity contribution < 1.29 is 13.6 Å². The lowest BCUT2D eigenvalue weighted by Gasteiger charge is -2.26. The summed E-state index contributed by atoms with van der Waals surface area (Å²) in [5.74, 6) is -0.975. The zero-order chi connectivity index (χ0) is 17.8. The summed E-state index contributed by atoms with van der Waals surface area (Å²) in [5.41, 5.74) is 1.75. The summed E-state index contributed by atoms with van der Waals surface area (Å²) in [6.45, 7) is 1.74. The van der Waals surface area contributed by atoms with Crippen molar-refractivity contribution in [1.82, 2.24) is 4.90 Å². The Morgan fingerprint density at radius 2 is 1.96 bits per heavy atom. The Kier molecular flexibility index (Phi) is 5.46. The van der Waals surface area contributed by atoms with Crippen LogP contribution in [0.15, 0.2) is 54.1 Å². The van der Waals surface area contributed by atoms with E-state index >= 15 is 0 Å². The number of nitrogens with zero attached hydrogens (tertiary/aromatic N) is 1. The molecule has 0 radical (unpaired) electrons. The van der Waals surface area contributed by atoms with Gasteiger partial charge < -0.3 is 5.32 Å². The van der Waals surface area contributed by atoms with Gasteiger partial charge in [-0.3, -0.25) is 9.69 Å². The summed E-state index contributed by atoms with van der Waals surface area (Å²) >= 11 is 5.71. The van der Waals surface area contributed by atoms with E-state index in [1.165, 1.54) is 24.3 Å². The number of hydrogen-bond acceptors (Lipinski definition) is 2. The molecular formula is C19H17ClF2N2O. The van der Waals surface area contributed by atoms with Crippen molar-refractivity contribution in [2.24, 2.45) is 0 Å². The predicted molar refractivity (Wildman–Crippen MR) is 94.4 cm³/mol. The molecule has 1 aliphatic heterocycles. The number of halogens is 3. The molecule has 1 aliphatic rings. The average Bonchev–Trinajstić information content (AvgIpc) is 2.61. The third kappa shape index (κ3) is 4.44. The fourth-order valence-electron chi connectivity index (χ4n) is 2.71. The summed E-state index contributed by atoms with van der Waals surface area (Å²) in [4.78, 5) is 14.4. The van der Waals surface area contributed by atoms with E-state index in [0.717, 1.165) is 0 Å². The van der Waals surface area contributed by atoms with Gasteiger partial charge in [-0.1, -0.05) is 35.9 Å². The predicted octanol–water partition coefficient (Wildman–Crippen LogP) is 4.39. The highest BCUT2D eigenvalue weighted by Crippen LogP contribution is 2.21. The van der Waals surface area contributed by atoms with Crippen molar-refractivity contribution in [3.8, 4) is 0 Å². The minimum atomic E-state index is -0.527. The molecule has 0 fully saturated rings. The van der Waals surface area contributed by atoms with E-state index in [4.69, 9.17) is 11.6 Å². The molecule has 0 spiro atoms. The lowest BCUT2D eigenvalue weighted by atomic mass is 10.1. The molecular weight excluding hydrogens is 346 g/mol. The first-order chi connectivity index (χ1) is 12.0. The largest absolute Gasteiger partial charge is 0.322 e. The monoisotopic (exact) mass is 362 g/mol. The number of amides is 1. The van der Waals surface area contributed by atoms with Gasteiger partial charge in [-0.25, -0.2) is 8.78 Å². The van der Waals surface area contributed by atoms with Crippen LogP contribution in [0.2, 0.25) is 5.02 Å². The second-order valence-corrected chi connectivity index (χ2v) is 6.30. The van der Waals surface area contributed by atoms with Crippen LogP contribution in [0.1, 0.15) is 12.0 Å². The molecule has 0 atom stereocenters. The molecule has 0 unspecified atom stereocenters. The Hall–Kier alpha value is -2.24. The molecule has 3 rings (SSSR count). The van der Waals surface area contributed by atoms with Gasteiger partial charge in [-0.2, -0.15) is 0 Å². The van der Waals surface area contributed by atoms with Crippen molar-refractivity contribution in [2.75, 3.05) is 18.4 Å². The van der Waals surface area contributed by atoms with E-state index < -0.39 is 5.82 Å². The van der Waals surface area contributed by atoms with E-state index in [2.05, 4.69) is 10.2 Å². The molecule has 0 saturated carbocycles. The van der Waals surface area contributed by atoms with Crippen molar-refractivity contribution in [2.45, 2.75) is 13.0 Å². The number of carbonyl (C=O) groups is 1. The smallest absolute Gasteiger partial charge is 0.251 e. The highest BCUT2D eigenvalue weighted by Gasteiger charge is 2.18. The Morgan fingerprint density at radius 3 is 2.64 bits per heavy atom. The Balaban J connectivity index is 1.59. The van der Waals surface area contributed by atoms with Gasteiger partial charge in [0.05, 0.1) is 5.02 Å². The second kappa shape index (κ2) is 7.76. The van der Waals surface area contributed by atoms with E-state index in [1.54, 1.807) is 12.1 Å². The van der Waals surface area contributed by atoms with Crippen LogP contribution >= 0.6 is 11.6 Å². The first kappa shape index (κ1) is 17.6. The number of carbonyl (C=O) groups excluding carboxylic acids is 1. The van der Waals surface area contributed by atoms with Crippen molar-refractivity contribution in [1.29, 1.82) is 0 Å². The van der Waals surface area contributed by atoms with Gasteiger partial charge >= 0.3 is 0 Å². The summed E-state index contributed by atoms with van der Waals surface area (Å²) in [6, 6.07) is 10.7. The Morgan fingerprint density at radius 1 is 1.16 bits per heavy atom. The fraction of sp³-hybridized carbons (Fsp3) is 0.211. The molecule has 0 bridgehead atoms. The molecule has 3 nitrogen and oxygen atoms in total. The van der Waals surface area contributed by atoms with E-state index in [1.807, 2.05) is 12.1 Å². The molecule has 130 valence electrons. The maximum absolute atomic E-state index is 13.7. The molecule has 1 N–H and O–H groups in total. The summed E-state index contributed by atoms with van der Waals surface area (Å²) in [6.07, 6.45) is 2.40. The van der Waals surface area contributed by atoms with Crippen molar-refractivity contribution in [3.63, 3.8) is 0 Å². The van der Waals surface area contributed by atoms with Crippen LogP contribution in [0.5, 0.6) is 0 Å². The lowest BCUT2D eigenvalue weighted by molar-refractivity contribution is -0.113. The van der Waals surface area contributed by atoms with E-state index in [9.17, 15) is 13.6 Å². The zero-order valence-corrected chi connectivity index (χ0v) is 14.2. The number of anilines is 1. The second-order valence-electron chi connectivity index (χ2n) is 5.89. The highest BCUT2D eigenvalue weighted by molar-refractivity contribution is 6.31. The SMILES string of the molecule is O=C(Nc1ccc(F)c(Cl)c1)C1=CCN(Cc2ccccc2F)CC1. The zero-order valence-electron chi connectivity index (χ0n) is 13.4. The molecule has 0 aliphatic carbocycles. The normalized spacial score (nSPS) is 14.9. The fourth-order valence-corrected chi connectivity index (χ4v) is 2.89.